The van der Waals surface area contributed by atoms with Crippen molar-refractivity contribution in [3.8, 4) is 0 Å². The molecule has 1 aromatic rings. The van der Waals surface area contributed by atoms with Crippen molar-refractivity contribution in [2.75, 3.05) is 6.54 Å². The van der Waals surface area contributed by atoms with Crippen LogP contribution in [0.2, 0.25) is 0 Å². The van der Waals surface area contributed by atoms with E-state index in [1.807, 2.05) is 0 Å². The molecule has 2 rings (SSSR count). The van der Waals surface area contributed by atoms with E-state index in [0.717, 1.165) is 4.90 Å². The summed E-state index contributed by atoms with van der Waals surface area (Å²) in [5.41, 5.74) is 0.184. The van der Waals surface area contributed by atoms with Crippen LogP contribution in [0.5, 0.6) is 0 Å². The van der Waals surface area contributed by atoms with Gasteiger partial charge < -0.3 is 4.90 Å². The fraction of sp³-hybridized carbons (Fsp3) is 0.500. The van der Waals surface area contributed by atoms with Crippen LogP contribution in [0.1, 0.15) is 31.5 Å². The fourth-order valence-corrected chi connectivity index (χ4v) is 2.41. The number of alkyl halides is 3. The smallest absolute Gasteiger partial charge is 0.321 e. The Bertz CT molecular complexity index is 518. The van der Waals surface area contributed by atoms with Gasteiger partial charge in [0.2, 0.25) is 5.91 Å². The van der Waals surface area contributed by atoms with Gasteiger partial charge in [0.25, 0.3) is 0 Å². The highest BCUT2D eigenvalue weighted by Gasteiger charge is 2.41. The van der Waals surface area contributed by atoms with Crippen molar-refractivity contribution >= 4 is 5.91 Å². The number of carbonyl (C=O) groups excluding carboxylic acids is 1. The van der Waals surface area contributed by atoms with Crippen molar-refractivity contribution in [1.82, 2.24) is 10.2 Å². The van der Waals surface area contributed by atoms with Gasteiger partial charge in [-0.3, -0.25) is 10.1 Å². The third-order valence-corrected chi connectivity index (χ3v) is 3.50. The molecule has 21 heavy (non-hydrogen) atoms. The highest BCUT2D eigenvalue weighted by Crippen LogP contribution is 2.30. The molecule has 7 heteroatoms. The van der Waals surface area contributed by atoms with E-state index in [1.54, 1.807) is 13.0 Å². The van der Waals surface area contributed by atoms with Crippen LogP contribution in [0.25, 0.3) is 0 Å². The Labute approximate surface area is 119 Å². The molecule has 2 atom stereocenters. The van der Waals surface area contributed by atoms with Gasteiger partial charge in [-0.05, 0) is 12.5 Å². The summed E-state index contributed by atoms with van der Waals surface area (Å²) in [5, 5.41) is 2.90. The van der Waals surface area contributed by atoms with E-state index in [2.05, 4.69) is 5.32 Å². The van der Waals surface area contributed by atoms with E-state index in [-0.39, 0.29) is 5.56 Å². The molecule has 1 heterocycles. The first-order chi connectivity index (χ1) is 9.83. The Hall–Kier alpha value is -1.63. The summed E-state index contributed by atoms with van der Waals surface area (Å²) >= 11 is 0. The van der Waals surface area contributed by atoms with Crippen LogP contribution >= 0.6 is 0 Å². The molecule has 1 aliphatic rings. The first-order valence-corrected chi connectivity index (χ1v) is 6.71. The second-order valence-electron chi connectivity index (χ2n) is 4.95. The normalized spacial score (nSPS) is 22.9. The maximum Gasteiger partial charge on any atom is 0.390 e. The number of carbonyl (C=O) groups is 1. The van der Waals surface area contributed by atoms with Crippen LogP contribution < -0.4 is 5.32 Å². The second kappa shape index (κ2) is 6.01. The van der Waals surface area contributed by atoms with Crippen molar-refractivity contribution in [2.24, 2.45) is 0 Å². The first-order valence-electron chi connectivity index (χ1n) is 6.71. The molecule has 2 unspecified atom stereocenters. The number of amides is 1. The van der Waals surface area contributed by atoms with Crippen LogP contribution in [0, 0.1) is 5.82 Å². The van der Waals surface area contributed by atoms with E-state index in [4.69, 9.17) is 0 Å². The summed E-state index contributed by atoms with van der Waals surface area (Å²) < 4.78 is 51.0. The lowest BCUT2D eigenvalue weighted by Gasteiger charge is -2.25. The third-order valence-electron chi connectivity index (χ3n) is 3.50. The van der Waals surface area contributed by atoms with Crippen LogP contribution in [0.15, 0.2) is 24.3 Å². The van der Waals surface area contributed by atoms with Gasteiger partial charge in [0.05, 0.1) is 12.5 Å². The van der Waals surface area contributed by atoms with Crippen molar-refractivity contribution in [3.63, 3.8) is 0 Å². The predicted molar refractivity (Wildman–Crippen MR) is 68.7 cm³/mol. The number of benzene rings is 1. The molecule has 0 aliphatic carbocycles. The topological polar surface area (TPSA) is 32.3 Å². The Morgan fingerprint density at radius 1 is 1.29 bits per heavy atom. The summed E-state index contributed by atoms with van der Waals surface area (Å²) in [7, 11) is 0. The summed E-state index contributed by atoms with van der Waals surface area (Å²) in [6.07, 6.45) is -5.88. The molecule has 1 aliphatic heterocycles. The lowest BCUT2D eigenvalue weighted by atomic mass is 10.1. The first kappa shape index (κ1) is 15.8. The molecule has 3 nitrogen and oxygen atoms in total. The van der Waals surface area contributed by atoms with Gasteiger partial charge in [-0.1, -0.05) is 25.1 Å². The number of halogens is 4. The van der Waals surface area contributed by atoms with Gasteiger partial charge >= 0.3 is 6.18 Å². The molecule has 116 valence electrons. The highest BCUT2D eigenvalue weighted by atomic mass is 19.4. The molecule has 0 aromatic heterocycles. The molecule has 0 radical (unpaired) electrons. The van der Waals surface area contributed by atoms with Crippen molar-refractivity contribution in [3.05, 3.63) is 35.6 Å². The van der Waals surface area contributed by atoms with Crippen LogP contribution in [-0.4, -0.2) is 29.6 Å². The SMILES string of the molecule is CCC1NC(c2ccccc2F)N(CCC(F)(F)F)C1=O. The quantitative estimate of drug-likeness (QED) is 0.867. The summed E-state index contributed by atoms with van der Waals surface area (Å²) in [5.74, 6) is -0.966. The van der Waals surface area contributed by atoms with Crippen LogP contribution in [0.3, 0.4) is 0 Å². The van der Waals surface area contributed by atoms with Gasteiger partial charge in [-0.2, -0.15) is 13.2 Å². The van der Waals surface area contributed by atoms with E-state index >= 15 is 0 Å². The van der Waals surface area contributed by atoms with Gasteiger partial charge in [0.1, 0.15) is 12.0 Å². The number of hydrogen-bond donors (Lipinski definition) is 1. The Morgan fingerprint density at radius 2 is 1.95 bits per heavy atom. The molecular formula is C14H16F4N2O. The average Bonchev–Trinajstić information content (AvgIpc) is 2.72. The number of rotatable bonds is 4. The molecule has 1 aromatic carbocycles. The van der Waals surface area contributed by atoms with E-state index in [9.17, 15) is 22.4 Å². The highest BCUT2D eigenvalue weighted by molar-refractivity contribution is 5.84. The molecule has 0 bridgehead atoms. The zero-order valence-corrected chi connectivity index (χ0v) is 11.5. The average molecular weight is 304 g/mol. The van der Waals surface area contributed by atoms with Gasteiger partial charge in [0, 0.05) is 12.1 Å². The van der Waals surface area contributed by atoms with Crippen LogP contribution in [-0.2, 0) is 4.79 Å². The van der Waals surface area contributed by atoms with Crippen LogP contribution in [0.4, 0.5) is 17.6 Å². The molecule has 0 spiro atoms. The lowest BCUT2D eigenvalue weighted by Crippen LogP contribution is -2.34. The second-order valence-corrected chi connectivity index (χ2v) is 4.95. The maximum absolute atomic E-state index is 13.8. The maximum atomic E-state index is 13.8. The lowest BCUT2D eigenvalue weighted by molar-refractivity contribution is -0.145. The molecular weight excluding hydrogens is 288 g/mol. The van der Waals surface area contributed by atoms with Crippen molar-refractivity contribution < 1.29 is 22.4 Å². The zero-order valence-electron chi connectivity index (χ0n) is 11.5. The number of nitrogens with one attached hydrogen (secondary N) is 1. The minimum atomic E-state index is -4.36. The van der Waals surface area contributed by atoms with Gasteiger partial charge in [0.15, 0.2) is 0 Å². The van der Waals surface area contributed by atoms with Crippen molar-refractivity contribution in [1.29, 1.82) is 0 Å². The predicted octanol–water partition coefficient (Wildman–Crippen LogP) is 2.99. The number of nitrogens with zero attached hydrogens (tertiary/aromatic N) is 1. The standard InChI is InChI=1S/C14H16F4N2O/c1-2-11-13(21)20(8-7-14(16,17)18)12(19-11)9-5-3-4-6-10(9)15/h3-6,11-12,19H,2,7-8H2,1H3. The number of hydrogen-bond acceptors (Lipinski definition) is 2. The molecule has 1 N–H and O–H groups in total. The Morgan fingerprint density at radius 3 is 2.52 bits per heavy atom. The summed E-state index contributed by atoms with van der Waals surface area (Å²) in [6, 6.07) is 5.20. The van der Waals surface area contributed by atoms with E-state index in [1.165, 1.54) is 18.2 Å². The molecule has 1 fully saturated rings. The third kappa shape index (κ3) is 3.53. The van der Waals surface area contributed by atoms with Gasteiger partial charge in [-0.15, -0.1) is 0 Å². The Balaban J connectivity index is 2.24. The van der Waals surface area contributed by atoms with E-state index in [0.29, 0.717) is 6.42 Å². The fourth-order valence-electron chi connectivity index (χ4n) is 2.41. The molecule has 1 saturated heterocycles. The monoisotopic (exact) mass is 304 g/mol. The molecule has 1 amide bonds. The zero-order chi connectivity index (χ0) is 15.6. The largest absolute Gasteiger partial charge is 0.390 e. The summed E-state index contributed by atoms with van der Waals surface area (Å²) in [6.45, 7) is 1.27. The molecule has 0 saturated carbocycles. The Kier molecular flexibility index (Phi) is 4.51. The van der Waals surface area contributed by atoms with E-state index < -0.39 is 43.1 Å². The summed E-state index contributed by atoms with van der Waals surface area (Å²) in [4.78, 5) is 13.2. The van der Waals surface area contributed by atoms with Crippen molar-refractivity contribution in [2.45, 2.75) is 38.1 Å². The minimum absolute atomic E-state index is 0.184. The van der Waals surface area contributed by atoms with Gasteiger partial charge in [-0.25, -0.2) is 4.39 Å². The minimum Gasteiger partial charge on any atom is -0.321 e.